The number of likely N-dealkylation sites (tertiary alicyclic amines) is 1. The number of rotatable bonds is 8. The van der Waals surface area contributed by atoms with Gasteiger partial charge < -0.3 is 5.32 Å². The van der Waals surface area contributed by atoms with E-state index in [4.69, 9.17) is 0 Å². The molecule has 2 rings (SSSR count). The molecule has 164 valence electrons. The standard InChI is InChI=1S/C19H28F3N3O3S/c1-4-25(5-2)29(27,28)16-7-6-14(3)17(10-16)18(26)23-11-15-8-9-24(12-15)13-19(20,21)22/h6-7,10,15H,4-5,8-9,11-13H2,1-3H3,(H,23,26). The number of nitrogens with zero attached hydrogens (tertiary/aromatic N) is 2. The number of aryl methyl sites for hydroxylation is 1. The maximum absolute atomic E-state index is 12.7. The Morgan fingerprint density at radius 2 is 1.93 bits per heavy atom. The van der Waals surface area contributed by atoms with Gasteiger partial charge in [0, 0.05) is 31.7 Å². The topological polar surface area (TPSA) is 69.7 Å². The van der Waals surface area contributed by atoms with Crippen LogP contribution in [0.5, 0.6) is 0 Å². The molecule has 29 heavy (non-hydrogen) atoms. The van der Waals surface area contributed by atoms with Crippen molar-refractivity contribution in [1.82, 2.24) is 14.5 Å². The molecule has 0 aromatic heterocycles. The molecule has 1 atom stereocenters. The van der Waals surface area contributed by atoms with Crippen molar-refractivity contribution in [2.75, 3.05) is 39.3 Å². The Hall–Kier alpha value is -1.65. The van der Waals surface area contributed by atoms with Gasteiger partial charge in [0.15, 0.2) is 0 Å². The van der Waals surface area contributed by atoms with E-state index in [9.17, 15) is 26.4 Å². The highest BCUT2D eigenvalue weighted by molar-refractivity contribution is 7.89. The number of carbonyl (C=O) groups excluding carboxylic acids is 1. The number of hydrogen-bond acceptors (Lipinski definition) is 4. The van der Waals surface area contributed by atoms with Gasteiger partial charge >= 0.3 is 6.18 Å². The molecule has 1 aliphatic heterocycles. The molecule has 1 heterocycles. The van der Waals surface area contributed by atoms with Gasteiger partial charge in [0.1, 0.15) is 0 Å². The van der Waals surface area contributed by atoms with Crippen molar-refractivity contribution in [1.29, 1.82) is 0 Å². The fourth-order valence-corrected chi connectivity index (χ4v) is 5.01. The Morgan fingerprint density at radius 1 is 1.28 bits per heavy atom. The van der Waals surface area contributed by atoms with Gasteiger partial charge in [0.05, 0.1) is 11.4 Å². The van der Waals surface area contributed by atoms with E-state index in [0.29, 0.717) is 31.6 Å². The van der Waals surface area contributed by atoms with Crippen LogP contribution in [0.1, 0.15) is 36.2 Å². The van der Waals surface area contributed by atoms with Crippen molar-refractivity contribution >= 4 is 15.9 Å². The van der Waals surface area contributed by atoms with E-state index < -0.39 is 28.7 Å². The molecule has 1 fully saturated rings. The molecule has 1 aliphatic rings. The average Bonchev–Trinajstić information content (AvgIpc) is 3.06. The smallest absolute Gasteiger partial charge is 0.352 e. The van der Waals surface area contributed by atoms with Crippen LogP contribution in [-0.2, 0) is 10.0 Å². The lowest BCUT2D eigenvalue weighted by Crippen LogP contribution is -2.35. The van der Waals surface area contributed by atoms with Crippen LogP contribution < -0.4 is 5.32 Å². The van der Waals surface area contributed by atoms with Crippen molar-refractivity contribution in [2.24, 2.45) is 5.92 Å². The lowest BCUT2D eigenvalue weighted by atomic mass is 10.1. The molecule has 1 amide bonds. The molecule has 0 radical (unpaired) electrons. The first kappa shape index (κ1) is 23.6. The number of alkyl halides is 3. The number of amides is 1. The Kier molecular flexibility index (Phi) is 7.69. The summed E-state index contributed by atoms with van der Waals surface area (Å²) in [5.41, 5.74) is 0.884. The third-order valence-corrected chi connectivity index (χ3v) is 7.17. The third kappa shape index (κ3) is 6.16. The second-order valence-corrected chi connectivity index (χ2v) is 9.22. The molecule has 10 heteroatoms. The minimum absolute atomic E-state index is 0.0502. The van der Waals surface area contributed by atoms with E-state index in [1.54, 1.807) is 26.8 Å². The molecule has 0 saturated carbocycles. The quantitative estimate of drug-likeness (QED) is 0.682. The molecular weight excluding hydrogens is 407 g/mol. The highest BCUT2D eigenvalue weighted by Crippen LogP contribution is 2.23. The van der Waals surface area contributed by atoms with Crippen molar-refractivity contribution < 1.29 is 26.4 Å². The summed E-state index contributed by atoms with van der Waals surface area (Å²) in [4.78, 5) is 14.0. The van der Waals surface area contributed by atoms with Gasteiger partial charge in [0.25, 0.3) is 5.91 Å². The monoisotopic (exact) mass is 435 g/mol. The Balaban J connectivity index is 2.05. The van der Waals surface area contributed by atoms with Gasteiger partial charge in [-0.1, -0.05) is 19.9 Å². The number of benzene rings is 1. The van der Waals surface area contributed by atoms with Crippen LogP contribution in [0.4, 0.5) is 13.2 Å². The van der Waals surface area contributed by atoms with Crippen LogP contribution in [0.15, 0.2) is 23.1 Å². The second kappa shape index (κ2) is 9.44. The summed E-state index contributed by atoms with van der Waals surface area (Å²) in [7, 11) is -3.69. The number of nitrogens with one attached hydrogen (secondary N) is 1. The van der Waals surface area contributed by atoms with Crippen LogP contribution in [0.3, 0.4) is 0 Å². The largest absolute Gasteiger partial charge is 0.401 e. The summed E-state index contributed by atoms with van der Waals surface area (Å²) in [6.45, 7) is 5.77. The first-order valence-corrected chi connectivity index (χ1v) is 11.1. The van der Waals surface area contributed by atoms with Gasteiger partial charge in [-0.2, -0.15) is 17.5 Å². The maximum atomic E-state index is 12.7. The lowest BCUT2D eigenvalue weighted by Gasteiger charge is -2.19. The minimum Gasteiger partial charge on any atom is -0.352 e. The molecule has 0 aliphatic carbocycles. The molecule has 1 aromatic carbocycles. The summed E-state index contributed by atoms with van der Waals surface area (Å²) in [6.07, 6.45) is -3.65. The van der Waals surface area contributed by atoms with Crippen LogP contribution in [0.25, 0.3) is 0 Å². The van der Waals surface area contributed by atoms with Crippen molar-refractivity contribution in [3.8, 4) is 0 Å². The molecule has 0 bridgehead atoms. The Bertz CT molecular complexity index is 824. The molecule has 0 spiro atoms. The number of sulfonamides is 1. The highest BCUT2D eigenvalue weighted by atomic mass is 32.2. The molecule has 1 saturated heterocycles. The van der Waals surface area contributed by atoms with Crippen LogP contribution >= 0.6 is 0 Å². The Morgan fingerprint density at radius 3 is 2.52 bits per heavy atom. The van der Waals surface area contributed by atoms with Crippen LogP contribution in [0.2, 0.25) is 0 Å². The molecule has 1 aromatic rings. The average molecular weight is 436 g/mol. The normalized spacial score (nSPS) is 18.4. The Labute approximate surface area is 170 Å². The van der Waals surface area contributed by atoms with E-state index in [-0.39, 0.29) is 29.5 Å². The van der Waals surface area contributed by atoms with E-state index in [0.717, 1.165) is 0 Å². The second-order valence-electron chi connectivity index (χ2n) is 7.28. The van der Waals surface area contributed by atoms with E-state index in [1.807, 2.05) is 0 Å². The summed E-state index contributed by atoms with van der Waals surface area (Å²) in [6, 6.07) is 4.43. The number of halogens is 3. The van der Waals surface area contributed by atoms with E-state index in [1.165, 1.54) is 21.3 Å². The van der Waals surface area contributed by atoms with Crippen LogP contribution in [0, 0.1) is 12.8 Å². The predicted molar refractivity (Wildman–Crippen MR) is 104 cm³/mol. The third-order valence-electron chi connectivity index (χ3n) is 5.12. The molecule has 1 N–H and O–H groups in total. The summed E-state index contributed by atoms with van der Waals surface area (Å²) >= 11 is 0. The minimum atomic E-state index is -4.23. The fourth-order valence-electron chi connectivity index (χ4n) is 3.53. The van der Waals surface area contributed by atoms with E-state index in [2.05, 4.69) is 5.32 Å². The van der Waals surface area contributed by atoms with Gasteiger partial charge in [-0.3, -0.25) is 9.69 Å². The van der Waals surface area contributed by atoms with Gasteiger partial charge in [-0.15, -0.1) is 0 Å². The number of carbonyl (C=O) groups is 1. The molecular formula is C19H28F3N3O3S. The summed E-state index contributed by atoms with van der Waals surface area (Å²) in [5, 5.41) is 2.75. The van der Waals surface area contributed by atoms with E-state index >= 15 is 0 Å². The van der Waals surface area contributed by atoms with Crippen molar-refractivity contribution in [2.45, 2.75) is 38.3 Å². The maximum Gasteiger partial charge on any atom is 0.401 e. The zero-order valence-electron chi connectivity index (χ0n) is 16.9. The first-order chi connectivity index (χ1) is 13.5. The van der Waals surface area contributed by atoms with Crippen LogP contribution in [-0.4, -0.2) is 69.0 Å². The highest BCUT2D eigenvalue weighted by Gasteiger charge is 2.34. The SMILES string of the molecule is CCN(CC)S(=O)(=O)c1ccc(C)c(C(=O)NCC2CCN(CC(F)(F)F)C2)c1. The fraction of sp³-hybridized carbons (Fsp3) is 0.632. The van der Waals surface area contributed by atoms with Gasteiger partial charge in [0.2, 0.25) is 10.0 Å². The first-order valence-electron chi connectivity index (χ1n) is 9.66. The number of hydrogen-bond donors (Lipinski definition) is 1. The lowest BCUT2D eigenvalue weighted by molar-refractivity contribution is -0.143. The van der Waals surface area contributed by atoms with Crippen molar-refractivity contribution in [3.63, 3.8) is 0 Å². The summed E-state index contributed by atoms with van der Waals surface area (Å²) in [5.74, 6) is -0.488. The molecule has 6 nitrogen and oxygen atoms in total. The zero-order valence-corrected chi connectivity index (χ0v) is 17.7. The zero-order chi connectivity index (χ0) is 21.8. The summed E-state index contributed by atoms with van der Waals surface area (Å²) < 4.78 is 64.2. The molecule has 1 unspecified atom stereocenters. The van der Waals surface area contributed by atoms with Crippen molar-refractivity contribution in [3.05, 3.63) is 29.3 Å². The van der Waals surface area contributed by atoms with Gasteiger partial charge in [-0.25, -0.2) is 8.42 Å². The predicted octanol–water partition coefficient (Wildman–Crippen LogP) is 2.64. The van der Waals surface area contributed by atoms with Gasteiger partial charge in [-0.05, 0) is 43.5 Å².